The molecule has 6 heteroatoms. The SMILES string of the molecule is Cc1ccc(CN2C(=O)CCc3c(C)nc(C4CCCN4C(=O)c4ccccc4)nc32)cc1. The van der Waals surface area contributed by atoms with Crippen molar-refractivity contribution in [2.75, 3.05) is 11.4 Å². The predicted octanol–water partition coefficient (Wildman–Crippen LogP) is 4.55. The maximum atomic E-state index is 13.2. The zero-order valence-electron chi connectivity index (χ0n) is 19.1. The summed E-state index contributed by atoms with van der Waals surface area (Å²) in [5, 5.41) is 0. The van der Waals surface area contributed by atoms with Crippen molar-refractivity contribution < 1.29 is 9.59 Å². The number of hydrogen-bond acceptors (Lipinski definition) is 4. The van der Waals surface area contributed by atoms with Gasteiger partial charge in [-0.25, -0.2) is 9.97 Å². The lowest BCUT2D eigenvalue weighted by Crippen LogP contribution is -2.37. The number of hydrogen-bond donors (Lipinski definition) is 0. The minimum absolute atomic E-state index is 0.00432. The van der Waals surface area contributed by atoms with Crippen LogP contribution in [0.5, 0.6) is 0 Å². The number of likely N-dealkylation sites (tertiary alicyclic amines) is 1. The third-order valence-electron chi connectivity index (χ3n) is 6.65. The summed E-state index contributed by atoms with van der Waals surface area (Å²) in [7, 11) is 0. The van der Waals surface area contributed by atoms with Crippen LogP contribution in [0, 0.1) is 13.8 Å². The summed E-state index contributed by atoms with van der Waals surface area (Å²) < 4.78 is 0. The molecule has 0 bridgehead atoms. The van der Waals surface area contributed by atoms with Crippen LogP contribution >= 0.6 is 0 Å². The fourth-order valence-electron chi connectivity index (χ4n) is 4.82. The van der Waals surface area contributed by atoms with Gasteiger partial charge in [0, 0.05) is 29.8 Å². The van der Waals surface area contributed by atoms with E-state index < -0.39 is 0 Å². The monoisotopic (exact) mass is 440 g/mol. The summed E-state index contributed by atoms with van der Waals surface area (Å²) in [4.78, 5) is 39.6. The quantitative estimate of drug-likeness (QED) is 0.597. The number of aryl methyl sites for hydroxylation is 2. The summed E-state index contributed by atoms with van der Waals surface area (Å²) in [6, 6.07) is 17.4. The van der Waals surface area contributed by atoms with Gasteiger partial charge < -0.3 is 4.90 Å². The second-order valence-electron chi connectivity index (χ2n) is 8.96. The average molecular weight is 441 g/mol. The zero-order chi connectivity index (χ0) is 22.9. The van der Waals surface area contributed by atoms with Crippen molar-refractivity contribution in [1.29, 1.82) is 0 Å². The smallest absolute Gasteiger partial charge is 0.254 e. The minimum atomic E-state index is -0.181. The van der Waals surface area contributed by atoms with Crippen molar-refractivity contribution in [1.82, 2.24) is 14.9 Å². The van der Waals surface area contributed by atoms with Gasteiger partial charge in [0.05, 0.1) is 12.6 Å². The summed E-state index contributed by atoms with van der Waals surface area (Å²) in [6.07, 6.45) is 2.85. The molecule has 1 saturated heterocycles. The second-order valence-corrected chi connectivity index (χ2v) is 8.96. The summed E-state index contributed by atoms with van der Waals surface area (Å²) in [6.45, 7) is 5.21. The van der Waals surface area contributed by atoms with Gasteiger partial charge in [-0.2, -0.15) is 0 Å². The molecule has 2 aromatic carbocycles. The largest absolute Gasteiger partial charge is 0.328 e. The molecule has 3 heterocycles. The maximum Gasteiger partial charge on any atom is 0.254 e. The Morgan fingerprint density at radius 3 is 2.52 bits per heavy atom. The highest BCUT2D eigenvalue weighted by atomic mass is 16.2. The van der Waals surface area contributed by atoms with E-state index in [0.29, 0.717) is 43.1 Å². The van der Waals surface area contributed by atoms with Gasteiger partial charge >= 0.3 is 0 Å². The third-order valence-corrected chi connectivity index (χ3v) is 6.65. The number of carbonyl (C=O) groups is 2. The van der Waals surface area contributed by atoms with Crippen LogP contribution in [0.4, 0.5) is 5.82 Å². The first-order chi connectivity index (χ1) is 16.0. The van der Waals surface area contributed by atoms with E-state index in [0.717, 1.165) is 29.7 Å². The summed E-state index contributed by atoms with van der Waals surface area (Å²) in [5.41, 5.74) is 4.87. The highest BCUT2D eigenvalue weighted by molar-refractivity contribution is 5.96. The van der Waals surface area contributed by atoms with Gasteiger partial charge in [-0.05, 0) is 50.8 Å². The van der Waals surface area contributed by atoms with Gasteiger partial charge in [0.2, 0.25) is 5.91 Å². The van der Waals surface area contributed by atoms with Crippen molar-refractivity contribution in [3.63, 3.8) is 0 Å². The van der Waals surface area contributed by atoms with Crippen molar-refractivity contribution >= 4 is 17.6 Å². The Balaban J connectivity index is 1.49. The van der Waals surface area contributed by atoms with Crippen molar-refractivity contribution in [3.8, 4) is 0 Å². The number of carbonyl (C=O) groups excluding carboxylic acids is 2. The highest BCUT2D eigenvalue weighted by Gasteiger charge is 2.35. The molecule has 0 N–H and O–H groups in total. The molecule has 168 valence electrons. The zero-order valence-corrected chi connectivity index (χ0v) is 19.1. The van der Waals surface area contributed by atoms with Gasteiger partial charge in [0.1, 0.15) is 5.82 Å². The Bertz CT molecular complexity index is 1190. The molecule has 0 saturated carbocycles. The van der Waals surface area contributed by atoms with Gasteiger partial charge in [-0.3, -0.25) is 14.5 Å². The first kappa shape index (κ1) is 21.3. The molecular formula is C27H28N4O2. The lowest BCUT2D eigenvalue weighted by Gasteiger charge is -2.31. The van der Waals surface area contributed by atoms with Crippen molar-refractivity contribution in [2.24, 2.45) is 0 Å². The first-order valence-electron chi connectivity index (χ1n) is 11.6. The van der Waals surface area contributed by atoms with Gasteiger partial charge in [0.25, 0.3) is 5.91 Å². The molecule has 1 aromatic heterocycles. The standard InChI is InChI=1S/C27H28N4O2/c1-18-10-12-20(13-11-18)17-31-24(32)15-14-22-19(2)28-25(29-26(22)31)23-9-6-16-30(23)27(33)21-7-4-3-5-8-21/h3-5,7-8,10-13,23H,6,9,14-17H2,1-2H3. The molecule has 0 spiro atoms. The van der Waals surface area contributed by atoms with E-state index in [4.69, 9.17) is 9.97 Å². The average Bonchev–Trinajstić information content (AvgIpc) is 3.32. The maximum absolute atomic E-state index is 13.2. The molecule has 3 aromatic rings. The van der Waals surface area contributed by atoms with Crippen LogP contribution in [-0.2, 0) is 17.8 Å². The predicted molar refractivity (Wildman–Crippen MR) is 127 cm³/mol. The van der Waals surface area contributed by atoms with Crippen LogP contribution in [0.1, 0.15) is 63.9 Å². The minimum Gasteiger partial charge on any atom is -0.328 e. The Kier molecular flexibility index (Phi) is 5.67. The van der Waals surface area contributed by atoms with Gasteiger partial charge in [0.15, 0.2) is 5.82 Å². The Morgan fingerprint density at radius 1 is 1.00 bits per heavy atom. The Morgan fingerprint density at radius 2 is 1.76 bits per heavy atom. The van der Waals surface area contributed by atoms with Crippen LogP contribution in [-0.4, -0.2) is 33.2 Å². The van der Waals surface area contributed by atoms with Crippen LogP contribution in [0.3, 0.4) is 0 Å². The van der Waals surface area contributed by atoms with E-state index in [2.05, 4.69) is 31.2 Å². The Hall–Kier alpha value is -3.54. The van der Waals surface area contributed by atoms with E-state index in [1.807, 2.05) is 42.2 Å². The molecular weight excluding hydrogens is 412 g/mol. The van der Waals surface area contributed by atoms with Crippen molar-refractivity contribution in [2.45, 2.75) is 52.1 Å². The number of amides is 2. The van der Waals surface area contributed by atoms with E-state index in [-0.39, 0.29) is 17.9 Å². The van der Waals surface area contributed by atoms with E-state index in [1.165, 1.54) is 5.56 Å². The number of anilines is 1. The third kappa shape index (κ3) is 4.13. The van der Waals surface area contributed by atoms with E-state index in [1.54, 1.807) is 4.90 Å². The first-order valence-corrected chi connectivity index (χ1v) is 11.6. The Labute approximate surface area is 194 Å². The number of rotatable bonds is 4. The molecule has 33 heavy (non-hydrogen) atoms. The lowest BCUT2D eigenvalue weighted by molar-refractivity contribution is -0.119. The molecule has 1 atom stereocenters. The molecule has 1 unspecified atom stereocenters. The lowest BCUT2D eigenvalue weighted by atomic mass is 10.0. The fraction of sp³-hybridized carbons (Fsp3) is 0.333. The molecule has 2 aliphatic rings. The topological polar surface area (TPSA) is 66.4 Å². The highest BCUT2D eigenvalue weighted by Crippen LogP contribution is 2.35. The van der Waals surface area contributed by atoms with Gasteiger partial charge in [-0.1, -0.05) is 48.0 Å². The van der Waals surface area contributed by atoms with Crippen LogP contribution < -0.4 is 4.90 Å². The normalized spacial score (nSPS) is 17.9. The van der Waals surface area contributed by atoms with Crippen LogP contribution in [0.2, 0.25) is 0 Å². The summed E-state index contributed by atoms with van der Waals surface area (Å²) >= 11 is 0. The van der Waals surface area contributed by atoms with Crippen LogP contribution in [0.25, 0.3) is 0 Å². The van der Waals surface area contributed by atoms with E-state index >= 15 is 0 Å². The van der Waals surface area contributed by atoms with E-state index in [9.17, 15) is 9.59 Å². The molecule has 2 amide bonds. The van der Waals surface area contributed by atoms with Gasteiger partial charge in [-0.15, -0.1) is 0 Å². The molecule has 0 radical (unpaired) electrons. The van der Waals surface area contributed by atoms with Crippen LogP contribution in [0.15, 0.2) is 54.6 Å². The fourth-order valence-corrected chi connectivity index (χ4v) is 4.82. The molecule has 0 aliphatic carbocycles. The number of aromatic nitrogens is 2. The molecule has 2 aliphatic heterocycles. The number of benzene rings is 2. The second kappa shape index (κ2) is 8.77. The van der Waals surface area contributed by atoms with Crippen molar-refractivity contribution in [3.05, 3.63) is 88.4 Å². The molecule has 6 nitrogen and oxygen atoms in total. The number of nitrogens with zero attached hydrogens (tertiary/aromatic N) is 4. The molecule has 5 rings (SSSR count). The summed E-state index contributed by atoms with van der Waals surface area (Å²) in [5.74, 6) is 1.42. The number of fused-ring (bicyclic) bond motifs is 1. The molecule has 1 fully saturated rings.